The van der Waals surface area contributed by atoms with Gasteiger partial charge in [-0.3, -0.25) is 0 Å². The van der Waals surface area contributed by atoms with Crippen LogP contribution in [0.3, 0.4) is 0 Å². The van der Waals surface area contributed by atoms with Crippen molar-refractivity contribution in [3.63, 3.8) is 0 Å². The highest BCUT2D eigenvalue weighted by atomic mass is 16.7. The van der Waals surface area contributed by atoms with E-state index in [9.17, 15) is 4.79 Å². The predicted molar refractivity (Wildman–Crippen MR) is 65.8 cm³/mol. The lowest BCUT2D eigenvalue weighted by molar-refractivity contribution is -0.162. The zero-order valence-corrected chi connectivity index (χ0v) is 11.5. The van der Waals surface area contributed by atoms with Crippen LogP contribution in [0, 0.1) is 0 Å². The first kappa shape index (κ1) is 12.9. The van der Waals surface area contributed by atoms with Gasteiger partial charge < -0.3 is 9.47 Å². The quantitative estimate of drug-likeness (QED) is 0.549. The number of hydrogen-bond acceptors (Lipinski definition) is 3. The zero-order chi connectivity index (χ0) is 12.7. The van der Waals surface area contributed by atoms with Gasteiger partial charge in [-0.2, -0.15) is 0 Å². The fraction of sp³-hybridized carbons (Fsp3) is 0.929. The Morgan fingerprint density at radius 2 is 1.88 bits per heavy atom. The summed E-state index contributed by atoms with van der Waals surface area (Å²) in [5.41, 5.74) is -1.26. The van der Waals surface area contributed by atoms with Crippen LogP contribution in [0.25, 0.3) is 0 Å². The van der Waals surface area contributed by atoms with Gasteiger partial charge in [0.1, 0.15) is 11.2 Å². The van der Waals surface area contributed by atoms with E-state index in [4.69, 9.17) is 9.47 Å². The summed E-state index contributed by atoms with van der Waals surface area (Å²) in [7, 11) is 0. The molecule has 2 rings (SSSR count). The van der Waals surface area contributed by atoms with E-state index in [2.05, 4.69) is 6.92 Å². The molecule has 1 saturated heterocycles. The summed E-state index contributed by atoms with van der Waals surface area (Å²) >= 11 is 0. The second-order valence-electron chi connectivity index (χ2n) is 6.34. The minimum Gasteiger partial charge on any atom is -0.458 e. The van der Waals surface area contributed by atoms with Crippen LogP contribution in [-0.4, -0.2) is 22.8 Å². The molecule has 3 nitrogen and oxygen atoms in total. The minimum atomic E-state index is -0.620. The van der Waals surface area contributed by atoms with Gasteiger partial charge in [0.05, 0.1) is 0 Å². The smallest absolute Gasteiger partial charge is 0.342 e. The van der Waals surface area contributed by atoms with Gasteiger partial charge in [0.15, 0.2) is 5.60 Å². The molecule has 0 spiro atoms. The van der Waals surface area contributed by atoms with Crippen LogP contribution in [0.2, 0.25) is 0 Å². The van der Waals surface area contributed by atoms with Crippen LogP contribution in [0.15, 0.2) is 0 Å². The van der Waals surface area contributed by atoms with E-state index in [0.29, 0.717) is 0 Å². The minimum absolute atomic E-state index is 0.145. The molecule has 1 heterocycles. The van der Waals surface area contributed by atoms with Gasteiger partial charge in [-0.05, 0) is 46.5 Å². The highest BCUT2D eigenvalue weighted by Crippen LogP contribution is 2.59. The largest absolute Gasteiger partial charge is 0.458 e. The molecule has 0 aromatic heterocycles. The Labute approximate surface area is 104 Å². The average Bonchev–Trinajstić information content (AvgIpc) is 2.84. The Kier molecular flexibility index (Phi) is 3.01. The molecular formula is C14H24O3. The third-order valence-corrected chi connectivity index (χ3v) is 3.97. The van der Waals surface area contributed by atoms with Crippen molar-refractivity contribution in [3.8, 4) is 0 Å². The number of carbonyl (C=O) groups excluding carboxylic acids is 1. The van der Waals surface area contributed by atoms with Gasteiger partial charge in [-0.25, -0.2) is 4.79 Å². The third-order valence-electron chi connectivity index (χ3n) is 3.97. The number of esters is 1. The van der Waals surface area contributed by atoms with E-state index < -0.39 is 11.2 Å². The van der Waals surface area contributed by atoms with E-state index in [1.54, 1.807) is 0 Å². The molecule has 0 amide bonds. The van der Waals surface area contributed by atoms with Crippen LogP contribution in [-0.2, 0) is 14.3 Å². The van der Waals surface area contributed by atoms with E-state index in [-0.39, 0.29) is 11.6 Å². The molecule has 3 heteroatoms. The van der Waals surface area contributed by atoms with Gasteiger partial charge in [-0.1, -0.05) is 19.8 Å². The lowest BCUT2D eigenvalue weighted by Crippen LogP contribution is -2.39. The fourth-order valence-electron chi connectivity index (χ4n) is 3.03. The summed E-state index contributed by atoms with van der Waals surface area (Å²) in [6.07, 6.45) is 6.18. The molecule has 1 saturated carbocycles. The molecule has 0 aromatic carbocycles. The lowest BCUT2D eigenvalue weighted by Gasteiger charge is -2.23. The Balaban J connectivity index is 2.15. The van der Waals surface area contributed by atoms with Gasteiger partial charge in [-0.15, -0.1) is 0 Å². The Bertz CT molecular complexity index is 314. The summed E-state index contributed by atoms with van der Waals surface area (Å²) in [5.74, 6) is -0.145. The summed E-state index contributed by atoms with van der Waals surface area (Å²) in [6, 6.07) is 0. The van der Waals surface area contributed by atoms with Gasteiger partial charge in [0.25, 0.3) is 0 Å². The van der Waals surface area contributed by atoms with Crippen LogP contribution in [0.4, 0.5) is 0 Å². The summed E-state index contributed by atoms with van der Waals surface area (Å²) in [6.45, 7) is 7.84. The van der Waals surface area contributed by atoms with E-state index >= 15 is 0 Å². The Morgan fingerprint density at radius 1 is 1.24 bits per heavy atom. The molecule has 1 aliphatic heterocycles. The maximum absolute atomic E-state index is 12.3. The first-order valence-corrected chi connectivity index (χ1v) is 6.79. The van der Waals surface area contributed by atoms with Crippen LogP contribution < -0.4 is 0 Å². The number of carbonyl (C=O) groups is 1. The highest BCUT2D eigenvalue weighted by molar-refractivity contribution is 5.85. The molecular weight excluding hydrogens is 216 g/mol. The number of hydrogen-bond donors (Lipinski definition) is 0. The SMILES string of the molecule is CCC12CCCCCC1(C(=O)OC(C)(C)C)O2. The van der Waals surface area contributed by atoms with Crippen LogP contribution in [0.5, 0.6) is 0 Å². The van der Waals surface area contributed by atoms with Crippen LogP contribution >= 0.6 is 0 Å². The molecule has 0 aromatic rings. The second-order valence-corrected chi connectivity index (χ2v) is 6.34. The molecule has 1 aliphatic carbocycles. The van der Waals surface area contributed by atoms with E-state index in [0.717, 1.165) is 25.7 Å². The van der Waals surface area contributed by atoms with Crippen molar-refractivity contribution in [1.29, 1.82) is 0 Å². The normalized spacial score (nSPS) is 36.9. The van der Waals surface area contributed by atoms with Crippen molar-refractivity contribution >= 4 is 5.97 Å². The highest BCUT2D eigenvalue weighted by Gasteiger charge is 2.74. The number of ether oxygens (including phenoxy) is 2. The van der Waals surface area contributed by atoms with Crippen molar-refractivity contribution in [2.45, 2.75) is 83.0 Å². The monoisotopic (exact) mass is 240 g/mol. The molecule has 98 valence electrons. The zero-order valence-electron chi connectivity index (χ0n) is 11.5. The number of rotatable bonds is 2. The molecule has 0 bridgehead atoms. The number of epoxide rings is 1. The first-order valence-electron chi connectivity index (χ1n) is 6.79. The van der Waals surface area contributed by atoms with Crippen molar-refractivity contribution in [1.82, 2.24) is 0 Å². The molecule has 2 aliphatic rings. The van der Waals surface area contributed by atoms with Crippen molar-refractivity contribution in [3.05, 3.63) is 0 Å². The average molecular weight is 240 g/mol. The maximum atomic E-state index is 12.3. The molecule has 0 radical (unpaired) electrons. The molecule has 17 heavy (non-hydrogen) atoms. The van der Waals surface area contributed by atoms with Crippen molar-refractivity contribution in [2.24, 2.45) is 0 Å². The second kappa shape index (κ2) is 3.98. The van der Waals surface area contributed by atoms with Gasteiger partial charge in [0, 0.05) is 0 Å². The van der Waals surface area contributed by atoms with Crippen LogP contribution in [0.1, 0.15) is 66.2 Å². The molecule has 0 N–H and O–H groups in total. The van der Waals surface area contributed by atoms with E-state index in [1.165, 1.54) is 12.8 Å². The Morgan fingerprint density at radius 3 is 2.47 bits per heavy atom. The summed E-state index contributed by atoms with van der Waals surface area (Å²) in [5, 5.41) is 0. The van der Waals surface area contributed by atoms with Gasteiger partial charge in [0.2, 0.25) is 0 Å². The van der Waals surface area contributed by atoms with Crippen molar-refractivity contribution < 1.29 is 14.3 Å². The maximum Gasteiger partial charge on any atom is 0.342 e. The number of fused-ring (bicyclic) bond motifs is 1. The molecule has 2 atom stereocenters. The standard InChI is InChI=1S/C14H24O3/c1-5-13-9-7-6-8-10-14(13,17-13)11(15)16-12(2,3)4/h5-10H2,1-4H3. The van der Waals surface area contributed by atoms with Gasteiger partial charge >= 0.3 is 5.97 Å². The van der Waals surface area contributed by atoms with Crippen molar-refractivity contribution in [2.75, 3.05) is 0 Å². The topological polar surface area (TPSA) is 38.8 Å². The third kappa shape index (κ3) is 2.10. The summed E-state index contributed by atoms with van der Waals surface area (Å²) in [4.78, 5) is 12.3. The Hall–Kier alpha value is -0.570. The lowest BCUT2D eigenvalue weighted by atomic mass is 9.86. The molecule has 2 unspecified atom stereocenters. The molecule has 2 fully saturated rings. The first-order chi connectivity index (χ1) is 7.85. The van der Waals surface area contributed by atoms with E-state index in [1.807, 2.05) is 20.8 Å². The summed E-state index contributed by atoms with van der Waals surface area (Å²) < 4.78 is 11.5. The predicted octanol–water partition coefficient (Wildman–Crippen LogP) is 3.21. The fourth-order valence-corrected chi connectivity index (χ4v) is 3.03.